The van der Waals surface area contributed by atoms with Gasteiger partial charge in [0.1, 0.15) is 4.93 Å². The molecule has 1 unspecified atom stereocenters. The molecule has 21 heavy (non-hydrogen) atoms. The lowest BCUT2D eigenvalue weighted by Crippen LogP contribution is -2.41. The van der Waals surface area contributed by atoms with Gasteiger partial charge in [0, 0.05) is 11.8 Å². The Kier molecular flexibility index (Phi) is 5.53. The maximum absolute atomic E-state index is 6.71. The monoisotopic (exact) mass is 305 g/mol. The van der Waals surface area contributed by atoms with Gasteiger partial charge in [-0.25, -0.2) is 0 Å². The fraction of sp³-hybridized carbons (Fsp3) is 0.556. The van der Waals surface area contributed by atoms with Crippen molar-refractivity contribution >= 4 is 11.8 Å². The third-order valence-electron chi connectivity index (χ3n) is 4.04. The highest BCUT2D eigenvalue weighted by Gasteiger charge is 2.46. The largest absolute Gasteiger partial charge is 0.355 e. The van der Waals surface area contributed by atoms with Crippen molar-refractivity contribution in [1.82, 2.24) is 5.32 Å². The smallest absolute Gasteiger partial charge is 0.126 e. The van der Waals surface area contributed by atoms with Crippen molar-refractivity contribution in [2.24, 2.45) is 5.41 Å². The molecule has 1 aromatic carbocycles. The van der Waals surface area contributed by atoms with E-state index >= 15 is 0 Å². The highest BCUT2D eigenvalue weighted by molar-refractivity contribution is 8.03. The van der Waals surface area contributed by atoms with Crippen LogP contribution in [0.15, 0.2) is 41.8 Å². The van der Waals surface area contributed by atoms with Crippen LogP contribution in [0.1, 0.15) is 45.3 Å². The van der Waals surface area contributed by atoms with Crippen LogP contribution in [0.2, 0.25) is 0 Å². The van der Waals surface area contributed by atoms with Gasteiger partial charge in [-0.15, -0.1) is 0 Å². The van der Waals surface area contributed by atoms with Gasteiger partial charge in [-0.05, 0) is 31.0 Å². The van der Waals surface area contributed by atoms with E-state index in [4.69, 9.17) is 4.74 Å². The Morgan fingerprint density at radius 2 is 2.00 bits per heavy atom. The summed E-state index contributed by atoms with van der Waals surface area (Å²) < 4.78 is 6.71. The summed E-state index contributed by atoms with van der Waals surface area (Å²) in [6, 6.07) is 10.6. The van der Waals surface area contributed by atoms with Gasteiger partial charge in [-0.1, -0.05) is 68.9 Å². The molecule has 0 spiro atoms. The second kappa shape index (κ2) is 6.99. The van der Waals surface area contributed by atoms with Gasteiger partial charge in [-0.2, -0.15) is 0 Å². The van der Waals surface area contributed by atoms with E-state index in [-0.39, 0.29) is 16.5 Å². The van der Waals surface area contributed by atoms with Crippen molar-refractivity contribution in [3.8, 4) is 0 Å². The second-order valence-electron chi connectivity index (χ2n) is 6.61. The van der Waals surface area contributed by atoms with Gasteiger partial charge in [-0.3, -0.25) is 0 Å². The number of rotatable bonds is 6. The van der Waals surface area contributed by atoms with Gasteiger partial charge < -0.3 is 10.1 Å². The third-order valence-corrected chi connectivity index (χ3v) is 5.63. The molecule has 0 saturated carbocycles. The van der Waals surface area contributed by atoms with E-state index in [0.717, 1.165) is 19.4 Å². The molecular formula is C18H27NOS. The van der Waals surface area contributed by atoms with Crippen LogP contribution >= 0.6 is 11.8 Å². The van der Waals surface area contributed by atoms with E-state index in [1.807, 2.05) is 18.8 Å². The fourth-order valence-corrected chi connectivity index (χ4v) is 3.74. The predicted octanol–water partition coefficient (Wildman–Crippen LogP) is 4.75. The lowest BCUT2D eigenvalue weighted by Gasteiger charge is -2.43. The SMILES string of the molecule is CNCC[C@H](OC1(C(C)(C)C)CC=CS1)c1ccccc1. The normalized spacial score (nSPS) is 23.4. The molecular weight excluding hydrogens is 278 g/mol. The Labute approximate surface area is 133 Å². The minimum absolute atomic E-state index is 0.0911. The van der Waals surface area contributed by atoms with E-state index in [2.05, 4.69) is 67.9 Å². The zero-order chi connectivity index (χ0) is 15.3. The molecule has 0 amide bonds. The Morgan fingerprint density at radius 1 is 1.29 bits per heavy atom. The number of thioether (sulfide) groups is 1. The summed E-state index contributed by atoms with van der Waals surface area (Å²) >= 11 is 1.83. The van der Waals surface area contributed by atoms with Crippen molar-refractivity contribution in [2.75, 3.05) is 13.6 Å². The van der Waals surface area contributed by atoms with Gasteiger partial charge in [0.05, 0.1) is 6.10 Å². The Hall–Kier alpha value is -0.770. The van der Waals surface area contributed by atoms with Crippen molar-refractivity contribution in [3.05, 3.63) is 47.4 Å². The first kappa shape index (κ1) is 16.6. The van der Waals surface area contributed by atoms with Crippen molar-refractivity contribution < 1.29 is 4.74 Å². The minimum Gasteiger partial charge on any atom is -0.355 e. The zero-order valence-electron chi connectivity index (χ0n) is 13.6. The Bertz CT molecular complexity index is 456. The summed E-state index contributed by atoms with van der Waals surface area (Å²) in [6.45, 7) is 7.77. The molecule has 1 N–H and O–H groups in total. The first-order valence-corrected chi connectivity index (χ1v) is 8.57. The van der Waals surface area contributed by atoms with Crippen LogP contribution in [0, 0.1) is 5.41 Å². The van der Waals surface area contributed by atoms with Gasteiger partial charge in [0.2, 0.25) is 0 Å². The highest BCUT2D eigenvalue weighted by Crippen LogP contribution is 2.52. The van der Waals surface area contributed by atoms with Gasteiger partial charge >= 0.3 is 0 Å². The standard InChI is InChI=1S/C18H27NOS/c1-17(2,3)18(12-8-14-21-18)20-16(11-13-19-4)15-9-6-5-7-10-15/h5-10,14,16,19H,11-13H2,1-4H3/t16-,18?/m0/s1. The predicted molar refractivity (Wildman–Crippen MR) is 92.3 cm³/mol. The average molecular weight is 305 g/mol. The van der Waals surface area contributed by atoms with Crippen LogP contribution < -0.4 is 5.32 Å². The van der Waals surface area contributed by atoms with Gasteiger partial charge in [0.15, 0.2) is 0 Å². The lowest BCUT2D eigenvalue weighted by atomic mass is 9.86. The van der Waals surface area contributed by atoms with E-state index in [1.165, 1.54) is 5.56 Å². The molecule has 0 radical (unpaired) electrons. The molecule has 2 nitrogen and oxygen atoms in total. The van der Waals surface area contributed by atoms with E-state index in [9.17, 15) is 0 Å². The maximum atomic E-state index is 6.71. The molecule has 2 rings (SSSR count). The highest BCUT2D eigenvalue weighted by atomic mass is 32.2. The Balaban J connectivity index is 2.21. The first-order chi connectivity index (χ1) is 9.98. The number of hydrogen-bond acceptors (Lipinski definition) is 3. The summed E-state index contributed by atoms with van der Waals surface area (Å²) in [4.78, 5) is -0.165. The van der Waals surface area contributed by atoms with E-state index in [1.54, 1.807) is 0 Å². The summed E-state index contributed by atoms with van der Waals surface area (Å²) in [6.07, 6.45) is 4.32. The molecule has 1 aliphatic heterocycles. The molecule has 0 aromatic heterocycles. The molecule has 1 aromatic rings. The summed E-state index contributed by atoms with van der Waals surface area (Å²) in [7, 11) is 1.99. The fourth-order valence-electron chi connectivity index (χ4n) is 2.61. The van der Waals surface area contributed by atoms with E-state index in [0.29, 0.717) is 0 Å². The van der Waals surface area contributed by atoms with Crippen LogP contribution in [0.5, 0.6) is 0 Å². The molecule has 3 heteroatoms. The number of hydrogen-bond donors (Lipinski definition) is 1. The molecule has 0 saturated heterocycles. The minimum atomic E-state index is -0.165. The number of benzene rings is 1. The average Bonchev–Trinajstić information content (AvgIpc) is 2.94. The van der Waals surface area contributed by atoms with Gasteiger partial charge in [0.25, 0.3) is 0 Å². The third kappa shape index (κ3) is 3.91. The summed E-state index contributed by atoms with van der Waals surface area (Å²) in [5, 5.41) is 5.43. The number of ether oxygens (including phenoxy) is 1. The first-order valence-electron chi connectivity index (χ1n) is 7.69. The van der Waals surface area contributed by atoms with Crippen molar-refractivity contribution in [2.45, 2.75) is 44.6 Å². The molecule has 116 valence electrons. The Morgan fingerprint density at radius 3 is 2.52 bits per heavy atom. The zero-order valence-corrected chi connectivity index (χ0v) is 14.4. The van der Waals surface area contributed by atoms with E-state index < -0.39 is 0 Å². The lowest BCUT2D eigenvalue weighted by molar-refractivity contribution is -0.0924. The molecule has 0 bridgehead atoms. The quantitative estimate of drug-likeness (QED) is 0.819. The second-order valence-corrected chi connectivity index (χ2v) is 7.77. The molecule has 0 aliphatic carbocycles. The van der Waals surface area contributed by atoms with Crippen LogP contribution in [0.3, 0.4) is 0 Å². The van der Waals surface area contributed by atoms with Crippen LogP contribution in [0.25, 0.3) is 0 Å². The molecule has 2 atom stereocenters. The van der Waals surface area contributed by atoms with Crippen molar-refractivity contribution in [3.63, 3.8) is 0 Å². The molecule has 0 fully saturated rings. The topological polar surface area (TPSA) is 21.3 Å². The number of nitrogens with one attached hydrogen (secondary N) is 1. The maximum Gasteiger partial charge on any atom is 0.126 e. The molecule has 1 heterocycles. The van der Waals surface area contributed by atoms with Crippen molar-refractivity contribution in [1.29, 1.82) is 0 Å². The summed E-state index contributed by atoms with van der Waals surface area (Å²) in [5.74, 6) is 0. The van der Waals surface area contributed by atoms with Crippen LogP contribution in [-0.4, -0.2) is 18.5 Å². The van der Waals surface area contributed by atoms with Crippen LogP contribution in [0.4, 0.5) is 0 Å². The molecule has 1 aliphatic rings. The summed E-state index contributed by atoms with van der Waals surface area (Å²) in [5.41, 5.74) is 1.36. The van der Waals surface area contributed by atoms with Crippen LogP contribution in [-0.2, 0) is 4.74 Å².